The molecular weight excluding hydrogens is 394 g/mol. The van der Waals surface area contributed by atoms with Crippen molar-refractivity contribution in [2.45, 2.75) is 13.0 Å². The summed E-state index contributed by atoms with van der Waals surface area (Å²) >= 11 is 14.5. The van der Waals surface area contributed by atoms with Crippen LogP contribution in [0.2, 0.25) is 10.0 Å². The molecule has 100 valence electrons. The quantitative estimate of drug-likeness (QED) is 0.448. The first kappa shape index (κ1) is 15.1. The largest absolute Gasteiger partial charge is 0.271 e. The van der Waals surface area contributed by atoms with E-state index >= 15 is 0 Å². The van der Waals surface area contributed by atoms with Crippen LogP contribution in [0.25, 0.3) is 0 Å². The van der Waals surface area contributed by atoms with Gasteiger partial charge in [-0.25, -0.2) is 5.43 Å². The molecule has 2 rings (SSSR count). The highest BCUT2D eigenvalue weighted by molar-refractivity contribution is 14.1. The van der Waals surface area contributed by atoms with Crippen LogP contribution in [0.4, 0.5) is 0 Å². The Morgan fingerprint density at radius 2 is 1.63 bits per heavy atom. The Morgan fingerprint density at radius 3 is 2.16 bits per heavy atom. The third-order valence-corrected chi connectivity index (χ3v) is 4.95. The van der Waals surface area contributed by atoms with Gasteiger partial charge < -0.3 is 0 Å². The second kappa shape index (κ2) is 6.41. The summed E-state index contributed by atoms with van der Waals surface area (Å²) in [5.41, 5.74) is 5.87. The zero-order chi connectivity index (χ0) is 14.0. The van der Waals surface area contributed by atoms with Gasteiger partial charge in [-0.3, -0.25) is 5.84 Å². The van der Waals surface area contributed by atoms with Crippen LogP contribution in [-0.4, -0.2) is 0 Å². The number of halogens is 3. The molecule has 0 fully saturated rings. The highest BCUT2D eigenvalue weighted by Gasteiger charge is 2.14. The minimum absolute atomic E-state index is 0.132. The third-order valence-electron chi connectivity index (χ3n) is 2.97. The predicted molar refractivity (Wildman–Crippen MR) is 89.5 cm³/mol. The zero-order valence-electron chi connectivity index (χ0n) is 10.3. The molecule has 0 aromatic heterocycles. The lowest BCUT2D eigenvalue weighted by Gasteiger charge is -2.18. The molecule has 0 bridgehead atoms. The van der Waals surface area contributed by atoms with Gasteiger partial charge in [0.2, 0.25) is 0 Å². The molecule has 0 aliphatic rings. The van der Waals surface area contributed by atoms with Gasteiger partial charge in [0.25, 0.3) is 0 Å². The molecule has 2 nitrogen and oxygen atoms in total. The SMILES string of the molecule is Cc1ccc(C(NN)c2ccc(I)c(Cl)c2)cc1Cl. The van der Waals surface area contributed by atoms with Crippen molar-refractivity contribution in [2.24, 2.45) is 5.84 Å². The fourth-order valence-electron chi connectivity index (χ4n) is 1.87. The van der Waals surface area contributed by atoms with E-state index in [0.29, 0.717) is 0 Å². The van der Waals surface area contributed by atoms with Crippen molar-refractivity contribution in [1.29, 1.82) is 0 Å². The van der Waals surface area contributed by atoms with Crippen LogP contribution in [0.5, 0.6) is 0 Å². The van der Waals surface area contributed by atoms with Gasteiger partial charge in [0, 0.05) is 8.59 Å². The van der Waals surface area contributed by atoms with Crippen molar-refractivity contribution in [2.75, 3.05) is 0 Å². The van der Waals surface area contributed by atoms with E-state index in [1.54, 1.807) is 0 Å². The molecule has 19 heavy (non-hydrogen) atoms. The molecule has 3 N–H and O–H groups in total. The minimum Gasteiger partial charge on any atom is -0.271 e. The summed E-state index contributed by atoms with van der Waals surface area (Å²) in [7, 11) is 0. The normalized spacial score (nSPS) is 12.5. The Kier molecular flexibility index (Phi) is 5.09. The van der Waals surface area contributed by atoms with Crippen molar-refractivity contribution in [3.63, 3.8) is 0 Å². The Hall–Kier alpha value is -0.330. The Labute approximate surface area is 136 Å². The van der Waals surface area contributed by atoms with Crippen LogP contribution in [0.3, 0.4) is 0 Å². The smallest absolute Gasteiger partial charge is 0.0711 e. The van der Waals surface area contributed by atoms with Crippen molar-refractivity contribution in [3.8, 4) is 0 Å². The summed E-state index contributed by atoms with van der Waals surface area (Å²) in [6.45, 7) is 1.97. The molecule has 1 atom stereocenters. The van der Waals surface area contributed by atoms with Gasteiger partial charge in [-0.1, -0.05) is 41.4 Å². The van der Waals surface area contributed by atoms with Crippen LogP contribution in [0.15, 0.2) is 36.4 Å². The summed E-state index contributed by atoms with van der Waals surface area (Å²) in [5.74, 6) is 5.68. The van der Waals surface area contributed by atoms with E-state index < -0.39 is 0 Å². The van der Waals surface area contributed by atoms with Crippen molar-refractivity contribution in [3.05, 3.63) is 66.7 Å². The first-order valence-corrected chi connectivity index (χ1v) is 7.53. The standard InChI is InChI=1S/C14H13Cl2IN2/c1-8-2-3-9(6-11(8)15)14(19-18)10-4-5-13(17)12(16)7-10/h2-7,14,19H,18H2,1H3. The van der Waals surface area contributed by atoms with Gasteiger partial charge in [0.1, 0.15) is 0 Å². The fraction of sp³-hybridized carbons (Fsp3) is 0.143. The number of aryl methyl sites for hydroxylation is 1. The topological polar surface area (TPSA) is 38.0 Å². The van der Waals surface area contributed by atoms with E-state index in [4.69, 9.17) is 29.0 Å². The van der Waals surface area contributed by atoms with Gasteiger partial charge in [-0.2, -0.15) is 0 Å². The number of hydrazine groups is 1. The Morgan fingerprint density at radius 1 is 1.05 bits per heavy atom. The molecule has 0 spiro atoms. The number of hydrogen-bond donors (Lipinski definition) is 2. The van der Waals surface area contributed by atoms with Gasteiger partial charge >= 0.3 is 0 Å². The number of hydrogen-bond acceptors (Lipinski definition) is 2. The molecule has 0 radical (unpaired) electrons. The molecule has 0 aliphatic heterocycles. The summed E-state index contributed by atoms with van der Waals surface area (Å²) in [4.78, 5) is 0. The van der Waals surface area contributed by atoms with Crippen molar-refractivity contribution < 1.29 is 0 Å². The summed E-state index contributed by atoms with van der Waals surface area (Å²) in [5, 5.41) is 1.45. The Bertz CT molecular complexity index is 550. The molecule has 5 heteroatoms. The first-order valence-electron chi connectivity index (χ1n) is 5.70. The molecule has 0 aliphatic carbocycles. The minimum atomic E-state index is -0.132. The maximum atomic E-state index is 6.16. The van der Waals surface area contributed by atoms with Crippen LogP contribution in [0, 0.1) is 10.5 Å². The molecule has 0 amide bonds. The van der Waals surface area contributed by atoms with Crippen LogP contribution >= 0.6 is 45.8 Å². The number of nitrogens with one attached hydrogen (secondary N) is 1. The maximum Gasteiger partial charge on any atom is 0.0711 e. The molecule has 2 aromatic carbocycles. The van der Waals surface area contributed by atoms with E-state index in [9.17, 15) is 0 Å². The molecule has 2 aromatic rings. The lowest BCUT2D eigenvalue weighted by atomic mass is 9.98. The van der Waals surface area contributed by atoms with Crippen molar-refractivity contribution >= 4 is 45.8 Å². The molecule has 0 saturated heterocycles. The third kappa shape index (κ3) is 3.41. The van der Waals surface area contributed by atoms with Crippen LogP contribution < -0.4 is 11.3 Å². The van der Waals surface area contributed by atoms with Crippen LogP contribution in [-0.2, 0) is 0 Å². The second-order valence-corrected chi connectivity index (χ2v) is 6.26. The number of nitrogens with two attached hydrogens (primary N) is 1. The molecule has 0 saturated carbocycles. The summed E-state index contributed by atoms with van der Waals surface area (Å²) < 4.78 is 1.01. The second-order valence-electron chi connectivity index (χ2n) is 4.28. The number of benzene rings is 2. The average molecular weight is 407 g/mol. The molecule has 0 heterocycles. The predicted octanol–water partition coefficient (Wildman–Crippen LogP) is 4.46. The van der Waals surface area contributed by atoms with Crippen LogP contribution in [0.1, 0.15) is 22.7 Å². The highest BCUT2D eigenvalue weighted by Crippen LogP contribution is 2.29. The Balaban J connectivity index is 2.43. The molecular formula is C14H13Cl2IN2. The lowest BCUT2D eigenvalue weighted by molar-refractivity contribution is 0.637. The highest BCUT2D eigenvalue weighted by atomic mass is 127. The zero-order valence-corrected chi connectivity index (χ0v) is 13.9. The maximum absolute atomic E-state index is 6.16. The van der Waals surface area contributed by atoms with Gasteiger partial charge in [0.15, 0.2) is 0 Å². The fourth-order valence-corrected chi connectivity index (χ4v) is 2.58. The summed E-state index contributed by atoms with van der Waals surface area (Å²) in [6.07, 6.45) is 0. The van der Waals surface area contributed by atoms with Gasteiger partial charge in [0.05, 0.1) is 11.1 Å². The average Bonchev–Trinajstić information content (AvgIpc) is 2.39. The monoisotopic (exact) mass is 406 g/mol. The first-order chi connectivity index (χ1) is 9.02. The van der Waals surface area contributed by atoms with Gasteiger partial charge in [-0.05, 0) is 64.4 Å². The van der Waals surface area contributed by atoms with Crippen molar-refractivity contribution in [1.82, 2.24) is 5.43 Å². The van der Waals surface area contributed by atoms with Gasteiger partial charge in [-0.15, -0.1) is 0 Å². The van der Waals surface area contributed by atoms with E-state index in [-0.39, 0.29) is 6.04 Å². The van der Waals surface area contributed by atoms with E-state index in [1.807, 2.05) is 43.3 Å². The van der Waals surface area contributed by atoms with E-state index in [2.05, 4.69) is 28.0 Å². The van der Waals surface area contributed by atoms with E-state index in [1.165, 1.54) is 0 Å². The van der Waals surface area contributed by atoms with E-state index in [0.717, 1.165) is 30.3 Å². The summed E-state index contributed by atoms with van der Waals surface area (Å²) in [6, 6.07) is 11.7. The molecule has 1 unspecified atom stereocenters. The number of rotatable bonds is 3. The lowest BCUT2D eigenvalue weighted by Crippen LogP contribution is -2.28.